The summed E-state index contributed by atoms with van der Waals surface area (Å²) in [6.07, 6.45) is 2.65. The first-order valence-electron chi connectivity index (χ1n) is 5.92. The number of carbonyl (C=O) groups is 1. The molecule has 5 heteroatoms. The molecular formula is C13H15Cl2NO2. The highest BCUT2D eigenvalue weighted by molar-refractivity contribution is 6.36. The van der Waals surface area contributed by atoms with Gasteiger partial charge in [0.15, 0.2) is 0 Å². The van der Waals surface area contributed by atoms with Crippen molar-refractivity contribution in [1.82, 2.24) is 5.32 Å². The van der Waals surface area contributed by atoms with Crippen molar-refractivity contribution in [3.63, 3.8) is 0 Å². The maximum absolute atomic E-state index is 11.8. The standard InChI is InChI=1S/C13H15Cl2NO2/c14-10-3-1-4-11(15)9(10)7-12(17)16-8-13(18)5-2-6-13/h1,3-4,18H,2,5-8H2,(H,16,17). The second-order valence-corrected chi connectivity index (χ2v) is 5.55. The van der Waals surface area contributed by atoms with E-state index in [4.69, 9.17) is 23.2 Å². The zero-order valence-corrected chi connectivity index (χ0v) is 11.4. The van der Waals surface area contributed by atoms with E-state index in [1.807, 2.05) is 0 Å². The maximum atomic E-state index is 11.8. The number of hydrogen-bond donors (Lipinski definition) is 2. The highest BCUT2D eigenvalue weighted by Crippen LogP contribution is 2.30. The average Bonchev–Trinajstić information content (AvgIpc) is 2.29. The van der Waals surface area contributed by atoms with Gasteiger partial charge in [0, 0.05) is 16.6 Å². The molecule has 0 atom stereocenters. The summed E-state index contributed by atoms with van der Waals surface area (Å²) in [5.74, 6) is -0.176. The van der Waals surface area contributed by atoms with Crippen LogP contribution in [-0.2, 0) is 11.2 Å². The van der Waals surface area contributed by atoms with E-state index in [2.05, 4.69) is 5.32 Å². The number of rotatable bonds is 4. The van der Waals surface area contributed by atoms with E-state index in [1.54, 1.807) is 18.2 Å². The van der Waals surface area contributed by atoms with Crippen molar-refractivity contribution in [2.24, 2.45) is 0 Å². The Morgan fingerprint density at radius 3 is 2.44 bits per heavy atom. The lowest BCUT2D eigenvalue weighted by Crippen LogP contribution is -2.48. The van der Waals surface area contributed by atoms with Crippen LogP contribution in [0.3, 0.4) is 0 Å². The Morgan fingerprint density at radius 2 is 1.94 bits per heavy atom. The normalized spacial score (nSPS) is 17.1. The van der Waals surface area contributed by atoms with Crippen LogP contribution < -0.4 is 5.32 Å². The fourth-order valence-electron chi connectivity index (χ4n) is 1.95. The van der Waals surface area contributed by atoms with Crippen molar-refractivity contribution in [2.45, 2.75) is 31.3 Å². The number of benzene rings is 1. The zero-order valence-electron chi connectivity index (χ0n) is 9.88. The Bertz CT molecular complexity index is 438. The van der Waals surface area contributed by atoms with Gasteiger partial charge in [-0.3, -0.25) is 4.79 Å². The van der Waals surface area contributed by atoms with Crippen LogP contribution in [0.5, 0.6) is 0 Å². The molecule has 0 heterocycles. The van der Waals surface area contributed by atoms with Gasteiger partial charge in [0.2, 0.25) is 5.91 Å². The second kappa shape index (κ2) is 5.47. The summed E-state index contributed by atoms with van der Waals surface area (Å²) >= 11 is 12.0. The third-order valence-corrected chi connectivity index (χ3v) is 4.01. The summed E-state index contributed by atoms with van der Waals surface area (Å²) in [5, 5.41) is 13.6. The predicted molar refractivity (Wildman–Crippen MR) is 72.0 cm³/mol. The minimum absolute atomic E-state index is 0.134. The second-order valence-electron chi connectivity index (χ2n) is 4.73. The fraction of sp³-hybridized carbons (Fsp3) is 0.462. The van der Waals surface area contributed by atoms with Crippen LogP contribution in [0.4, 0.5) is 0 Å². The number of amides is 1. The van der Waals surface area contributed by atoms with E-state index in [0.29, 0.717) is 22.2 Å². The Morgan fingerprint density at radius 1 is 1.33 bits per heavy atom. The molecule has 0 bridgehead atoms. The minimum atomic E-state index is -0.708. The zero-order chi connectivity index (χ0) is 13.2. The molecule has 1 aliphatic rings. The molecule has 2 rings (SSSR count). The molecule has 1 aliphatic carbocycles. The number of aliphatic hydroxyl groups is 1. The molecule has 0 aromatic heterocycles. The first-order valence-corrected chi connectivity index (χ1v) is 6.68. The predicted octanol–water partition coefficient (Wildman–Crippen LogP) is 2.57. The van der Waals surface area contributed by atoms with Crippen molar-refractivity contribution < 1.29 is 9.90 Å². The summed E-state index contributed by atoms with van der Waals surface area (Å²) in [6.45, 7) is 0.300. The Hall–Kier alpha value is -0.770. The molecule has 1 aromatic rings. The molecule has 1 amide bonds. The first kappa shape index (κ1) is 13.7. The van der Waals surface area contributed by atoms with Crippen LogP contribution >= 0.6 is 23.2 Å². The monoisotopic (exact) mass is 287 g/mol. The van der Waals surface area contributed by atoms with Crippen molar-refractivity contribution in [1.29, 1.82) is 0 Å². The van der Waals surface area contributed by atoms with E-state index < -0.39 is 5.60 Å². The molecule has 1 saturated carbocycles. The molecule has 0 saturated heterocycles. The largest absolute Gasteiger partial charge is 0.388 e. The van der Waals surface area contributed by atoms with Crippen LogP contribution in [-0.4, -0.2) is 23.2 Å². The Labute approximate surface area is 116 Å². The molecule has 0 aliphatic heterocycles. The highest BCUT2D eigenvalue weighted by atomic mass is 35.5. The van der Waals surface area contributed by atoms with Crippen LogP contribution in [0.25, 0.3) is 0 Å². The average molecular weight is 288 g/mol. The molecule has 0 unspecified atom stereocenters. The van der Waals surface area contributed by atoms with Crippen molar-refractivity contribution >= 4 is 29.1 Å². The molecule has 0 radical (unpaired) electrons. The first-order chi connectivity index (χ1) is 8.50. The molecule has 1 aromatic carbocycles. The van der Waals surface area contributed by atoms with Gasteiger partial charge in [0.05, 0.1) is 12.0 Å². The summed E-state index contributed by atoms with van der Waals surface area (Å²) in [7, 11) is 0. The lowest BCUT2D eigenvalue weighted by Gasteiger charge is -2.36. The van der Waals surface area contributed by atoms with Gasteiger partial charge in [-0.15, -0.1) is 0 Å². The van der Waals surface area contributed by atoms with E-state index >= 15 is 0 Å². The van der Waals surface area contributed by atoms with Gasteiger partial charge in [-0.25, -0.2) is 0 Å². The van der Waals surface area contributed by atoms with Gasteiger partial charge in [0.25, 0.3) is 0 Å². The molecule has 2 N–H and O–H groups in total. The van der Waals surface area contributed by atoms with Crippen molar-refractivity contribution in [2.75, 3.05) is 6.54 Å². The molecule has 1 fully saturated rings. The topological polar surface area (TPSA) is 49.3 Å². The minimum Gasteiger partial charge on any atom is -0.388 e. The summed E-state index contributed by atoms with van der Waals surface area (Å²) in [4.78, 5) is 11.8. The highest BCUT2D eigenvalue weighted by Gasteiger charge is 2.34. The smallest absolute Gasteiger partial charge is 0.224 e. The molecular weight excluding hydrogens is 273 g/mol. The van der Waals surface area contributed by atoms with Crippen molar-refractivity contribution in [3.8, 4) is 0 Å². The maximum Gasteiger partial charge on any atom is 0.224 e. The summed E-state index contributed by atoms with van der Waals surface area (Å²) < 4.78 is 0. The molecule has 18 heavy (non-hydrogen) atoms. The van der Waals surface area contributed by atoms with Gasteiger partial charge < -0.3 is 10.4 Å². The molecule has 3 nitrogen and oxygen atoms in total. The SMILES string of the molecule is O=C(Cc1c(Cl)cccc1Cl)NCC1(O)CCC1. The van der Waals surface area contributed by atoms with E-state index in [0.717, 1.165) is 19.3 Å². The fourth-order valence-corrected chi connectivity index (χ4v) is 2.48. The van der Waals surface area contributed by atoms with Crippen molar-refractivity contribution in [3.05, 3.63) is 33.8 Å². The summed E-state index contributed by atoms with van der Waals surface area (Å²) in [5.41, 5.74) is -0.0844. The quantitative estimate of drug-likeness (QED) is 0.894. The number of carbonyl (C=O) groups excluding carboxylic acids is 1. The third-order valence-electron chi connectivity index (χ3n) is 3.30. The van der Waals surface area contributed by atoms with Crippen LogP contribution in [0, 0.1) is 0 Å². The lowest BCUT2D eigenvalue weighted by atomic mass is 9.80. The molecule has 98 valence electrons. The van der Waals surface area contributed by atoms with Crippen LogP contribution in [0.1, 0.15) is 24.8 Å². The van der Waals surface area contributed by atoms with Crippen LogP contribution in [0.2, 0.25) is 10.0 Å². The van der Waals surface area contributed by atoms with Crippen LogP contribution in [0.15, 0.2) is 18.2 Å². The van der Waals surface area contributed by atoms with Gasteiger partial charge >= 0.3 is 0 Å². The summed E-state index contributed by atoms with van der Waals surface area (Å²) in [6, 6.07) is 5.15. The number of halogens is 2. The van der Waals surface area contributed by atoms with Gasteiger partial charge in [-0.1, -0.05) is 29.3 Å². The number of hydrogen-bond acceptors (Lipinski definition) is 2. The van der Waals surface area contributed by atoms with E-state index in [1.165, 1.54) is 0 Å². The molecule has 0 spiro atoms. The van der Waals surface area contributed by atoms with E-state index in [9.17, 15) is 9.90 Å². The Balaban J connectivity index is 1.91. The van der Waals surface area contributed by atoms with Gasteiger partial charge in [-0.05, 0) is 37.0 Å². The van der Waals surface area contributed by atoms with Gasteiger partial charge in [0.1, 0.15) is 0 Å². The lowest BCUT2D eigenvalue weighted by molar-refractivity contribution is -0.122. The number of nitrogens with one attached hydrogen (secondary N) is 1. The Kier molecular flexibility index (Phi) is 4.15. The third kappa shape index (κ3) is 3.16. The van der Waals surface area contributed by atoms with E-state index in [-0.39, 0.29) is 12.3 Å². The van der Waals surface area contributed by atoms with Gasteiger partial charge in [-0.2, -0.15) is 0 Å².